The summed E-state index contributed by atoms with van der Waals surface area (Å²) in [7, 11) is 1.36. The molecule has 31 heavy (non-hydrogen) atoms. The highest BCUT2D eigenvalue weighted by molar-refractivity contribution is 6.30. The number of imide groups is 1. The van der Waals surface area contributed by atoms with Crippen molar-refractivity contribution in [2.45, 2.75) is 12.6 Å². The molecule has 1 aromatic heterocycles. The van der Waals surface area contributed by atoms with Crippen LogP contribution in [0.5, 0.6) is 0 Å². The standard InChI is InChI=1S/C21H25ClN4O5/c1-30-20(28)19(15-4-6-16(22)7-5-15)26-10-8-25(9-11-26)14-18(27)24-21(29)23-13-17-3-2-12-31-17/h2-7,12,19H,8-11,13-14H2,1H3,(H2,23,24,27,29). The molecule has 2 aromatic rings. The highest BCUT2D eigenvalue weighted by Gasteiger charge is 2.31. The number of rotatable bonds is 7. The maximum atomic E-state index is 12.4. The molecule has 1 aliphatic heterocycles. The SMILES string of the molecule is COC(=O)C(c1ccc(Cl)cc1)N1CCN(CC(=O)NC(=O)NCc2ccco2)CC1. The van der Waals surface area contributed by atoms with Gasteiger partial charge in [-0.3, -0.25) is 19.9 Å². The molecular weight excluding hydrogens is 424 g/mol. The molecule has 0 bridgehead atoms. The minimum atomic E-state index is -0.575. The number of halogens is 1. The summed E-state index contributed by atoms with van der Waals surface area (Å²) >= 11 is 5.96. The van der Waals surface area contributed by atoms with E-state index >= 15 is 0 Å². The number of methoxy groups -OCH3 is 1. The van der Waals surface area contributed by atoms with Gasteiger partial charge in [-0.2, -0.15) is 0 Å². The summed E-state index contributed by atoms with van der Waals surface area (Å²) in [5.41, 5.74) is 0.802. The lowest BCUT2D eigenvalue weighted by Gasteiger charge is -2.37. The predicted molar refractivity (Wildman–Crippen MR) is 113 cm³/mol. The third-order valence-electron chi connectivity index (χ3n) is 5.01. The summed E-state index contributed by atoms with van der Waals surface area (Å²) in [6.45, 7) is 2.57. The number of furan rings is 1. The fraction of sp³-hybridized carbons (Fsp3) is 0.381. The highest BCUT2D eigenvalue weighted by atomic mass is 35.5. The number of benzene rings is 1. The summed E-state index contributed by atoms with van der Waals surface area (Å²) in [5.74, 6) is -0.145. The number of hydrogen-bond acceptors (Lipinski definition) is 7. The van der Waals surface area contributed by atoms with E-state index in [1.54, 1.807) is 24.3 Å². The first-order valence-corrected chi connectivity index (χ1v) is 10.2. The minimum Gasteiger partial charge on any atom is -0.468 e. The van der Waals surface area contributed by atoms with Crippen LogP contribution in [0.25, 0.3) is 0 Å². The van der Waals surface area contributed by atoms with E-state index in [2.05, 4.69) is 10.6 Å². The lowest BCUT2D eigenvalue weighted by atomic mass is 10.0. The Balaban J connectivity index is 1.47. The van der Waals surface area contributed by atoms with Crippen molar-refractivity contribution in [1.29, 1.82) is 0 Å². The summed E-state index contributed by atoms with van der Waals surface area (Å²) < 4.78 is 10.1. The second-order valence-electron chi connectivity index (χ2n) is 7.10. The Kier molecular flexibility index (Phi) is 8.05. The Bertz CT molecular complexity index is 880. The van der Waals surface area contributed by atoms with Gasteiger partial charge in [0.2, 0.25) is 5.91 Å². The number of ether oxygens (including phenoxy) is 1. The Morgan fingerprint density at radius 3 is 2.45 bits per heavy atom. The maximum Gasteiger partial charge on any atom is 0.327 e. The van der Waals surface area contributed by atoms with Gasteiger partial charge in [-0.25, -0.2) is 9.59 Å². The summed E-state index contributed by atoms with van der Waals surface area (Å²) in [6, 6.07) is 9.44. The van der Waals surface area contributed by atoms with Crippen LogP contribution in [0.3, 0.4) is 0 Å². The average Bonchev–Trinajstić information content (AvgIpc) is 3.28. The zero-order valence-corrected chi connectivity index (χ0v) is 17.9. The van der Waals surface area contributed by atoms with Crippen molar-refractivity contribution >= 4 is 29.5 Å². The summed E-state index contributed by atoms with van der Waals surface area (Å²) in [5, 5.41) is 5.47. The molecular formula is C21H25ClN4O5. The molecule has 166 valence electrons. The molecule has 1 unspecified atom stereocenters. The number of nitrogens with zero attached hydrogens (tertiary/aromatic N) is 2. The van der Waals surface area contributed by atoms with E-state index in [0.29, 0.717) is 37.0 Å². The van der Waals surface area contributed by atoms with Crippen molar-refractivity contribution in [3.63, 3.8) is 0 Å². The quantitative estimate of drug-likeness (QED) is 0.622. The van der Waals surface area contributed by atoms with Gasteiger partial charge in [-0.05, 0) is 29.8 Å². The lowest BCUT2D eigenvalue weighted by Crippen LogP contribution is -2.52. The monoisotopic (exact) mass is 448 g/mol. The molecule has 0 radical (unpaired) electrons. The number of amides is 3. The van der Waals surface area contributed by atoms with Crippen molar-refractivity contribution in [3.8, 4) is 0 Å². The van der Waals surface area contributed by atoms with Gasteiger partial charge in [0, 0.05) is 31.2 Å². The van der Waals surface area contributed by atoms with E-state index in [1.165, 1.54) is 13.4 Å². The maximum absolute atomic E-state index is 12.4. The number of piperazine rings is 1. The van der Waals surface area contributed by atoms with Crippen molar-refractivity contribution in [1.82, 2.24) is 20.4 Å². The number of carbonyl (C=O) groups is 3. The first-order chi connectivity index (χ1) is 15.0. The van der Waals surface area contributed by atoms with Crippen LogP contribution in [-0.2, 0) is 20.9 Å². The molecule has 3 rings (SSSR count). The second-order valence-corrected chi connectivity index (χ2v) is 7.54. The highest BCUT2D eigenvalue weighted by Crippen LogP contribution is 2.25. The lowest BCUT2D eigenvalue weighted by molar-refractivity contribution is -0.148. The zero-order chi connectivity index (χ0) is 22.2. The molecule has 2 heterocycles. The van der Waals surface area contributed by atoms with Crippen LogP contribution >= 0.6 is 11.6 Å². The van der Waals surface area contributed by atoms with Crippen molar-refractivity contribution in [2.24, 2.45) is 0 Å². The van der Waals surface area contributed by atoms with E-state index in [9.17, 15) is 14.4 Å². The van der Waals surface area contributed by atoms with Gasteiger partial charge >= 0.3 is 12.0 Å². The molecule has 3 amide bonds. The van der Waals surface area contributed by atoms with Gasteiger partial charge in [0.05, 0.1) is 26.5 Å². The Labute approximate surface area is 185 Å². The van der Waals surface area contributed by atoms with Crippen LogP contribution in [0.15, 0.2) is 47.1 Å². The van der Waals surface area contributed by atoms with Crippen molar-refractivity contribution in [3.05, 3.63) is 59.0 Å². The fourth-order valence-corrected chi connectivity index (χ4v) is 3.55. The molecule has 9 nitrogen and oxygen atoms in total. The van der Waals surface area contributed by atoms with Crippen LogP contribution in [0.2, 0.25) is 5.02 Å². The number of carbonyl (C=O) groups excluding carboxylic acids is 3. The van der Waals surface area contributed by atoms with Gasteiger partial charge in [-0.15, -0.1) is 0 Å². The molecule has 1 saturated heterocycles. The molecule has 1 atom stereocenters. The van der Waals surface area contributed by atoms with E-state index in [4.69, 9.17) is 20.8 Å². The Morgan fingerprint density at radius 1 is 1.13 bits per heavy atom. The van der Waals surface area contributed by atoms with E-state index in [0.717, 1.165) is 5.56 Å². The minimum absolute atomic E-state index is 0.0891. The normalized spacial score (nSPS) is 15.8. The molecule has 10 heteroatoms. The largest absolute Gasteiger partial charge is 0.468 e. The smallest absolute Gasteiger partial charge is 0.327 e. The predicted octanol–water partition coefficient (Wildman–Crippen LogP) is 1.79. The summed E-state index contributed by atoms with van der Waals surface area (Å²) in [6.07, 6.45) is 1.51. The first-order valence-electron chi connectivity index (χ1n) is 9.86. The van der Waals surface area contributed by atoms with Crippen LogP contribution < -0.4 is 10.6 Å². The molecule has 1 aromatic carbocycles. The van der Waals surface area contributed by atoms with Crippen LogP contribution in [0.4, 0.5) is 4.79 Å². The third kappa shape index (κ3) is 6.55. The van der Waals surface area contributed by atoms with Crippen LogP contribution in [0.1, 0.15) is 17.4 Å². The van der Waals surface area contributed by atoms with Gasteiger partial charge < -0.3 is 14.5 Å². The fourth-order valence-electron chi connectivity index (χ4n) is 3.43. The molecule has 0 saturated carbocycles. The Hall–Kier alpha value is -2.88. The molecule has 0 aliphatic carbocycles. The summed E-state index contributed by atoms with van der Waals surface area (Å²) in [4.78, 5) is 40.4. The van der Waals surface area contributed by atoms with Gasteiger partial charge in [0.1, 0.15) is 11.8 Å². The van der Waals surface area contributed by atoms with Gasteiger partial charge in [-0.1, -0.05) is 23.7 Å². The first kappa shape index (κ1) is 22.8. The number of nitrogens with one attached hydrogen (secondary N) is 2. The topological polar surface area (TPSA) is 104 Å². The third-order valence-corrected chi connectivity index (χ3v) is 5.26. The number of hydrogen-bond donors (Lipinski definition) is 2. The van der Waals surface area contributed by atoms with Gasteiger partial charge in [0.25, 0.3) is 0 Å². The van der Waals surface area contributed by atoms with E-state index < -0.39 is 18.0 Å². The second kappa shape index (κ2) is 10.9. The van der Waals surface area contributed by atoms with Crippen LogP contribution in [0, 0.1) is 0 Å². The molecule has 1 fully saturated rings. The van der Waals surface area contributed by atoms with Crippen molar-refractivity contribution < 1.29 is 23.5 Å². The molecule has 2 N–H and O–H groups in total. The number of urea groups is 1. The zero-order valence-electron chi connectivity index (χ0n) is 17.2. The Morgan fingerprint density at radius 2 is 1.84 bits per heavy atom. The van der Waals surface area contributed by atoms with Crippen molar-refractivity contribution in [2.75, 3.05) is 39.8 Å². The van der Waals surface area contributed by atoms with Crippen LogP contribution in [-0.4, -0.2) is 67.5 Å². The molecule has 1 aliphatic rings. The average molecular weight is 449 g/mol. The van der Waals surface area contributed by atoms with E-state index in [-0.39, 0.29) is 19.1 Å². The van der Waals surface area contributed by atoms with Gasteiger partial charge in [0.15, 0.2) is 0 Å². The van der Waals surface area contributed by atoms with E-state index in [1.807, 2.05) is 21.9 Å². The number of esters is 1. The molecule has 0 spiro atoms.